The molecule has 0 aliphatic heterocycles. The molecule has 0 atom stereocenters. The molecule has 0 unspecified atom stereocenters. The number of hydrogen-bond acceptors (Lipinski definition) is 7. The molecule has 0 aliphatic rings. The highest BCUT2D eigenvalue weighted by Crippen LogP contribution is 2.35. The van der Waals surface area contributed by atoms with Gasteiger partial charge in [0, 0.05) is 5.56 Å². The Morgan fingerprint density at radius 2 is 1.92 bits per heavy atom. The van der Waals surface area contributed by atoms with Gasteiger partial charge in [0.25, 0.3) is 0 Å². The minimum atomic E-state index is -0.489. The molecule has 6 nitrogen and oxygen atoms in total. The fourth-order valence-corrected chi connectivity index (χ4v) is 2.82. The Bertz CT molecular complexity index is 870. The maximum absolute atomic E-state index is 13.2. The zero-order chi connectivity index (χ0) is 17.7. The standard InChI is InChI=1S/C16H11FN4O2S/c1-23-13(22)8-24-16-12(7-19)14(11(6-18)15(20)21-16)9-2-4-10(17)5-3-9/h2-5H,8H2,1H3,(H2,20,21). The van der Waals surface area contributed by atoms with Crippen LogP contribution >= 0.6 is 11.8 Å². The number of rotatable bonds is 4. The molecule has 0 saturated heterocycles. The molecule has 2 rings (SSSR count). The topological polar surface area (TPSA) is 113 Å². The van der Waals surface area contributed by atoms with E-state index in [4.69, 9.17) is 5.73 Å². The van der Waals surface area contributed by atoms with E-state index in [0.717, 1.165) is 11.8 Å². The number of methoxy groups -OCH3 is 1. The summed E-state index contributed by atoms with van der Waals surface area (Å²) in [6, 6.07) is 9.23. The average molecular weight is 342 g/mol. The molecule has 0 radical (unpaired) electrons. The van der Waals surface area contributed by atoms with Crippen molar-refractivity contribution in [1.29, 1.82) is 10.5 Å². The predicted octanol–water partition coefficient (Wildman–Crippen LogP) is 2.48. The summed E-state index contributed by atoms with van der Waals surface area (Å²) < 4.78 is 17.7. The van der Waals surface area contributed by atoms with Crippen molar-refractivity contribution in [3.05, 3.63) is 41.2 Å². The van der Waals surface area contributed by atoms with E-state index in [0.29, 0.717) is 5.56 Å². The summed E-state index contributed by atoms with van der Waals surface area (Å²) in [6.45, 7) is 0. The molecule has 24 heavy (non-hydrogen) atoms. The molecular weight excluding hydrogens is 331 g/mol. The van der Waals surface area contributed by atoms with Gasteiger partial charge in [-0.05, 0) is 17.7 Å². The third-order valence-corrected chi connectivity index (χ3v) is 4.05. The number of anilines is 1. The molecule has 0 fully saturated rings. The van der Waals surface area contributed by atoms with Crippen LogP contribution in [0, 0.1) is 28.5 Å². The Morgan fingerprint density at radius 1 is 1.29 bits per heavy atom. The number of carbonyl (C=O) groups excluding carboxylic acids is 1. The summed E-state index contributed by atoms with van der Waals surface area (Å²) in [7, 11) is 1.25. The second kappa shape index (κ2) is 7.44. The first-order valence-corrected chi connectivity index (χ1v) is 7.59. The number of benzene rings is 1. The van der Waals surface area contributed by atoms with E-state index in [9.17, 15) is 19.7 Å². The molecule has 120 valence electrons. The summed E-state index contributed by atoms with van der Waals surface area (Å²) in [4.78, 5) is 15.3. The van der Waals surface area contributed by atoms with Crippen molar-refractivity contribution in [1.82, 2.24) is 4.98 Å². The van der Waals surface area contributed by atoms with Crippen LogP contribution in [0.4, 0.5) is 10.2 Å². The number of nitrogen functional groups attached to an aromatic ring is 1. The van der Waals surface area contributed by atoms with E-state index in [-0.39, 0.29) is 33.3 Å². The number of esters is 1. The van der Waals surface area contributed by atoms with Gasteiger partial charge in [-0.3, -0.25) is 4.79 Å². The smallest absolute Gasteiger partial charge is 0.316 e. The van der Waals surface area contributed by atoms with E-state index in [1.165, 1.54) is 31.4 Å². The van der Waals surface area contributed by atoms with Crippen molar-refractivity contribution in [2.24, 2.45) is 0 Å². The van der Waals surface area contributed by atoms with Crippen LogP contribution in [0.3, 0.4) is 0 Å². The molecule has 8 heteroatoms. The Hall–Kier alpha value is -3.10. The SMILES string of the molecule is COC(=O)CSc1nc(N)c(C#N)c(-c2ccc(F)cc2)c1C#N. The van der Waals surface area contributed by atoms with Gasteiger partial charge in [-0.2, -0.15) is 10.5 Å². The Kier molecular flexibility index (Phi) is 5.35. The molecule has 2 aromatic rings. The van der Waals surface area contributed by atoms with Crippen molar-refractivity contribution in [3.8, 4) is 23.3 Å². The van der Waals surface area contributed by atoms with Gasteiger partial charge in [-0.25, -0.2) is 9.37 Å². The minimum absolute atomic E-state index is 0.0283. The van der Waals surface area contributed by atoms with Gasteiger partial charge in [0.05, 0.1) is 18.4 Å². The lowest BCUT2D eigenvalue weighted by Crippen LogP contribution is -2.07. The number of nitriles is 2. The Balaban J connectivity index is 2.65. The van der Waals surface area contributed by atoms with Gasteiger partial charge in [-0.15, -0.1) is 0 Å². The number of ether oxygens (including phenoxy) is 1. The predicted molar refractivity (Wildman–Crippen MR) is 86.2 cm³/mol. The first-order chi connectivity index (χ1) is 11.5. The van der Waals surface area contributed by atoms with Crippen molar-refractivity contribution in [2.75, 3.05) is 18.6 Å². The second-order valence-electron chi connectivity index (χ2n) is 4.52. The molecule has 0 saturated carbocycles. The van der Waals surface area contributed by atoms with Gasteiger partial charge < -0.3 is 10.5 Å². The van der Waals surface area contributed by atoms with Gasteiger partial charge >= 0.3 is 5.97 Å². The van der Waals surface area contributed by atoms with Crippen LogP contribution in [0.2, 0.25) is 0 Å². The van der Waals surface area contributed by atoms with Gasteiger partial charge in [0.15, 0.2) is 0 Å². The Labute approximate surface area is 141 Å². The maximum atomic E-state index is 13.2. The number of thioether (sulfide) groups is 1. The number of nitrogens with zero attached hydrogens (tertiary/aromatic N) is 3. The number of aromatic nitrogens is 1. The molecule has 0 amide bonds. The zero-order valence-electron chi connectivity index (χ0n) is 12.5. The normalized spacial score (nSPS) is 9.83. The lowest BCUT2D eigenvalue weighted by Gasteiger charge is -2.12. The van der Waals surface area contributed by atoms with E-state index in [1.807, 2.05) is 12.1 Å². The monoisotopic (exact) mass is 342 g/mol. The summed E-state index contributed by atoms with van der Waals surface area (Å²) in [5, 5.41) is 19.1. The number of halogens is 1. The third kappa shape index (κ3) is 3.45. The van der Waals surface area contributed by atoms with Crippen molar-refractivity contribution >= 4 is 23.5 Å². The fourth-order valence-electron chi connectivity index (χ4n) is 1.99. The third-order valence-electron chi connectivity index (χ3n) is 3.10. The van der Waals surface area contributed by atoms with Gasteiger partial charge in [0.1, 0.15) is 34.4 Å². The molecule has 1 aromatic carbocycles. The van der Waals surface area contributed by atoms with Gasteiger partial charge in [0.2, 0.25) is 0 Å². The van der Waals surface area contributed by atoms with E-state index >= 15 is 0 Å². The number of nitrogens with two attached hydrogens (primary N) is 1. The van der Waals surface area contributed by atoms with E-state index in [2.05, 4.69) is 9.72 Å². The lowest BCUT2D eigenvalue weighted by molar-refractivity contribution is -0.137. The average Bonchev–Trinajstić information content (AvgIpc) is 2.59. The number of carbonyl (C=O) groups is 1. The molecule has 0 aliphatic carbocycles. The quantitative estimate of drug-likeness (QED) is 0.670. The molecular formula is C16H11FN4O2S. The lowest BCUT2D eigenvalue weighted by atomic mass is 9.97. The highest BCUT2D eigenvalue weighted by Gasteiger charge is 2.21. The zero-order valence-corrected chi connectivity index (χ0v) is 13.4. The molecule has 2 N–H and O–H groups in total. The van der Waals surface area contributed by atoms with Crippen LogP contribution < -0.4 is 5.73 Å². The first-order valence-electron chi connectivity index (χ1n) is 6.61. The maximum Gasteiger partial charge on any atom is 0.316 e. The van der Waals surface area contributed by atoms with Crippen LogP contribution in [0.1, 0.15) is 11.1 Å². The molecule has 0 bridgehead atoms. The summed E-state index contributed by atoms with van der Waals surface area (Å²) in [6.07, 6.45) is 0. The van der Waals surface area contributed by atoms with Crippen LogP contribution in [0.5, 0.6) is 0 Å². The number of pyridine rings is 1. The Morgan fingerprint density at radius 3 is 2.46 bits per heavy atom. The van der Waals surface area contributed by atoms with E-state index in [1.54, 1.807) is 0 Å². The first kappa shape index (κ1) is 17.3. The van der Waals surface area contributed by atoms with Crippen LogP contribution in [0.15, 0.2) is 29.3 Å². The summed E-state index contributed by atoms with van der Waals surface area (Å²) in [5.74, 6) is -1.06. The molecule has 1 aromatic heterocycles. The van der Waals surface area contributed by atoms with Crippen molar-refractivity contribution < 1.29 is 13.9 Å². The van der Waals surface area contributed by atoms with Crippen molar-refractivity contribution in [2.45, 2.75) is 5.03 Å². The van der Waals surface area contributed by atoms with Crippen LogP contribution in [-0.2, 0) is 9.53 Å². The van der Waals surface area contributed by atoms with Gasteiger partial charge in [-0.1, -0.05) is 23.9 Å². The van der Waals surface area contributed by atoms with E-state index < -0.39 is 11.8 Å². The summed E-state index contributed by atoms with van der Waals surface area (Å²) in [5.41, 5.74) is 6.66. The van der Waals surface area contributed by atoms with Crippen molar-refractivity contribution in [3.63, 3.8) is 0 Å². The largest absolute Gasteiger partial charge is 0.468 e. The highest BCUT2D eigenvalue weighted by atomic mass is 32.2. The molecule has 0 spiro atoms. The summed E-state index contributed by atoms with van der Waals surface area (Å²) >= 11 is 0.978. The molecule has 1 heterocycles. The van der Waals surface area contributed by atoms with Crippen LogP contribution in [-0.4, -0.2) is 23.8 Å². The fraction of sp³-hybridized carbons (Fsp3) is 0.125. The van der Waals surface area contributed by atoms with Crippen LogP contribution in [0.25, 0.3) is 11.1 Å². The minimum Gasteiger partial charge on any atom is -0.468 e. The second-order valence-corrected chi connectivity index (χ2v) is 5.49. The highest BCUT2D eigenvalue weighted by molar-refractivity contribution is 7.99. The number of hydrogen-bond donors (Lipinski definition) is 1.